The van der Waals surface area contributed by atoms with E-state index in [0.29, 0.717) is 12.6 Å². The summed E-state index contributed by atoms with van der Waals surface area (Å²) in [5, 5.41) is 0. The molecule has 0 aliphatic carbocycles. The maximum atomic E-state index is 12.0. The Morgan fingerprint density at radius 3 is 2.76 bits per heavy atom. The summed E-state index contributed by atoms with van der Waals surface area (Å²) in [5.74, 6) is 0.854. The molecule has 2 rings (SSSR count). The van der Waals surface area contributed by atoms with Gasteiger partial charge in [-0.2, -0.15) is 0 Å². The number of pyridine rings is 1. The molecule has 0 saturated carbocycles. The Hall–Kier alpha value is -1.18. The van der Waals surface area contributed by atoms with Gasteiger partial charge in [0, 0.05) is 32.9 Å². The Balaban J connectivity index is 2.15. The van der Waals surface area contributed by atoms with Crippen LogP contribution in [0.4, 0.5) is 5.82 Å². The number of hydrogen-bond donors (Lipinski definition) is 1. The van der Waals surface area contributed by atoms with Crippen LogP contribution in [0.2, 0.25) is 0 Å². The minimum absolute atomic E-state index is 0.231. The third kappa shape index (κ3) is 3.53. The summed E-state index contributed by atoms with van der Waals surface area (Å²) in [4.78, 5) is 6.85. The van der Waals surface area contributed by atoms with Gasteiger partial charge in [0.25, 0.3) is 0 Å². The fourth-order valence-corrected chi connectivity index (χ4v) is 3.54. The van der Waals surface area contributed by atoms with Crippen LogP contribution in [0.1, 0.15) is 25.7 Å². The van der Waals surface area contributed by atoms with E-state index in [1.807, 2.05) is 0 Å². The van der Waals surface area contributed by atoms with E-state index in [0.717, 1.165) is 38.0 Å². The van der Waals surface area contributed by atoms with E-state index in [2.05, 4.69) is 9.88 Å². The Bertz CT molecular complexity index is 557. The second-order valence-electron chi connectivity index (χ2n) is 5.56. The molecule has 0 amide bonds. The van der Waals surface area contributed by atoms with Crippen LogP contribution in [0.25, 0.3) is 0 Å². The average Bonchev–Trinajstić information content (AvgIpc) is 2.93. The van der Waals surface area contributed by atoms with Crippen molar-refractivity contribution in [3.05, 3.63) is 18.3 Å². The molecular formula is C14H24N4O2S. The monoisotopic (exact) mass is 312 g/mol. The second-order valence-corrected chi connectivity index (χ2v) is 7.71. The lowest BCUT2D eigenvalue weighted by atomic mass is 10.1. The summed E-state index contributed by atoms with van der Waals surface area (Å²) in [7, 11) is -0.368. The molecule has 2 N–H and O–H groups in total. The Morgan fingerprint density at radius 2 is 2.19 bits per heavy atom. The summed E-state index contributed by atoms with van der Waals surface area (Å²) in [5.41, 5.74) is 5.58. The zero-order valence-corrected chi connectivity index (χ0v) is 13.5. The molecule has 21 heavy (non-hydrogen) atoms. The quantitative estimate of drug-likeness (QED) is 0.849. The minimum atomic E-state index is -3.41. The molecule has 0 spiro atoms. The molecule has 1 fully saturated rings. The maximum absolute atomic E-state index is 12.0. The lowest BCUT2D eigenvalue weighted by Crippen LogP contribution is -2.30. The molecule has 7 heteroatoms. The third-order valence-electron chi connectivity index (χ3n) is 3.91. The highest BCUT2D eigenvalue weighted by Gasteiger charge is 2.25. The predicted octanol–water partition coefficient (Wildman–Crippen LogP) is 1.04. The van der Waals surface area contributed by atoms with Crippen molar-refractivity contribution < 1.29 is 8.42 Å². The molecule has 118 valence electrons. The van der Waals surface area contributed by atoms with Gasteiger partial charge < -0.3 is 10.6 Å². The van der Waals surface area contributed by atoms with Crippen LogP contribution in [-0.2, 0) is 10.0 Å². The van der Waals surface area contributed by atoms with E-state index in [4.69, 9.17) is 5.73 Å². The summed E-state index contributed by atoms with van der Waals surface area (Å²) in [6, 6.07) is 3.91. The topological polar surface area (TPSA) is 79.5 Å². The molecule has 1 aliphatic heterocycles. The van der Waals surface area contributed by atoms with Crippen molar-refractivity contribution in [1.29, 1.82) is 0 Å². The van der Waals surface area contributed by atoms with Gasteiger partial charge in [-0.1, -0.05) is 0 Å². The first-order chi connectivity index (χ1) is 9.96. The first kappa shape index (κ1) is 16.2. The van der Waals surface area contributed by atoms with E-state index >= 15 is 0 Å². The molecular weight excluding hydrogens is 288 g/mol. The van der Waals surface area contributed by atoms with Crippen molar-refractivity contribution in [3.63, 3.8) is 0 Å². The van der Waals surface area contributed by atoms with Gasteiger partial charge in [-0.3, -0.25) is 0 Å². The summed E-state index contributed by atoms with van der Waals surface area (Å²) in [6.07, 6.45) is 5.82. The first-order valence-electron chi connectivity index (χ1n) is 7.32. The third-order valence-corrected chi connectivity index (χ3v) is 5.71. The number of sulfonamides is 1. The van der Waals surface area contributed by atoms with Crippen LogP contribution < -0.4 is 10.6 Å². The molecule has 1 aromatic rings. The van der Waals surface area contributed by atoms with E-state index in [1.165, 1.54) is 24.6 Å². The number of nitrogens with zero attached hydrogens (tertiary/aromatic N) is 3. The van der Waals surface area contributed by atoms with Crippen LogP contribution in [0, 0.1) is 0 Å². The Morgan fingerprint density at radius 1 is 1.43 bits per heavy atom. The molecule has 1 aliphatic rings. The van der Waals surface area contributed by atoms with Gasteiger partial charge in [0.15, 0.2) is 0 Å². The highest BCUT2D eigenvalue weighted by Crippen LogP contribution is 2.27. The molecule has 0 bridgehead atoms. The predicted molar refractivity (Wildman–Crippen MR) is 83.8 cm³/mol. The van der Waals surface area contributed by atoms with Crippen LogP contribution >= 0.6 is 0 Å². The van der Waals surface area contributed by atoms with E-state index in [1.54, 1.807) is 12.1 Å². The van der Waals surface area contributed by atoms with Gasteiger partial charge in [0.2, 0.25) is 10.0 Å². The van der Waals surface area contributed by atoms with Gasteiger partial charge in [0.05, 0.1) is 0 Å². The number of nitrogens with two attached hydrogens (primary N) is 1. The smallest absolute Gasteiger partial charge is 0.244 e. The number of hydrogen-bond acceptors (Lipinski definition) is 5. The van der Waals surface area contributed by atoms with Gasteiger partial charge >= 0.3 is 0 Å². The normalized spacial score (nSPS) is 19.4. The molecule has 2 heterocycles. The molecule has 1 unspecified atom stereocenters. The van der Waals surface area contributed by atoms with E-state index in [9.17, 15) is 8.42 Å². The van der Waals surface area contributed by atoms with Gasteiger partial charge in [0.1, 0.15) is 10.7 Å². The van der Waals surface area contributed by atoms with E-state index in [-0.39, 0.29) is 4.90 Å². The van der Waals surface area contributed by atoms with Crippen LogP contribution in [0.15, 0.2) is 23.2 Å². The van der Waals surface area contributed by atoms with Crippen molar-refractivity contribution in [2.75, 3.05) is 32.1 Å². The largest absolute Gasteiger partial charge is 0.354 e. The van der Waals surface area contributed by atoms with Crippen molar-refractivity contribution in [2.45, 2.75) is 36.6 Å². The standard InChI is InChI=1S/C14H24N4O2S/c1-17(2)21(19,20)13-7-8-14(16-11-13)18-10-4-6-12(18)5-3-9-15/h7-8,11-12H,3-6,9-10,15H2,1-2H3. The maximum Gasteiger partial charge on any atom is 0.244 e. The SMILES string of the molecule is CN(C)S(=O)(=O)c1ccc(N2CCCC2CCCN)nc1. The van der Waals surface area contributed by atoms with Crippen LogP contribution in [0.5, 0.6) is 0 Å². The number of aromatic nitrogens is 1. The second kappa shape index (κ2) is 6.72. The molecule has 0 aromatic carbocycles. The summed E-state index contributed by atoms with van der Waals surface area (Å²) >= 11 is 0. The zero-order chi connectivity index (χ0) is 15.5. The van der Waals surface area contributed by atoms with Gasteiger partial charge in [-0.25, -0.2) is 17.7 Å². The van der Waals surface area contributed by atoms with Crippen molar-refractivity contribution >= 4 is 15.8 Å². The highest BCUT2D eigenvalue weighted by molar-refractivity contribution is 7.89. The Kier molecular flexibility index (Phi) is 5.18. The van der Waals surface area contributed by atoms with Crippen LogP contribution in [0.3, 0.4) is 0 Å². The van der Waals surface area contributed by atoms with Crippen molar-refractivity contribution in [3.8, 4) is 0 Å². The molecule has 1 saturated heterocycles. The highest BCUT2D eigenvalue weighted by atomic mass is 32.2. The lowest BCUT2D eigenvalue weighted by molar-refractivity contribution is 0.520. The van der Waals surface area contributed by atoms with Crippen LogP contribution in [-0.4, -0.2) is 50.9 Å². The molecule has 6 nitrogen and oxygen atoms in total. The Labute approximate surface area is 127 Å². The minimum Gasteiger partial charge on any atom is -0.354 e. The number of rotatable bonds is 6. The summed E-state index contributed by atoms with van der Waals surface area (Å²) < 4.78 is 25.3. The molecule has 0 radical (unpaired) electrons. The van der Waals surface area contributed by atoms with E-state index < -0.39 is 10.0 Å². The first-order valence-corrected chi connectivity index (χ1v) is 8.76. The van der Waals surface area contributed by atoms with Crippen molar-refractivity contribution in [2.24, 2.45) is 5.73 Å². The number of anilines is 1. The van der Waals surface area contributed by atoms with Crippen molar-refractivity contribution in [1.82, 2.24) is 9.29 Å². The zero-order valence-electron chi connectivity index (χ0n) is 12.7. The summed E-state index contributed by atoms with van der Waals surface area (Å²) in [6.45, 7) is 1.68. The van der Waals surface area contributed by atoms with Gasteiger partial charge in [-0.05, 0) is 44.4 Å². The molecule has 1 aromatic heterocycles. The average molecular weight is 312 g/mol. The lowest BCUT2D eigenvalue weighted by Gasteiger charge is -2.25. The van der Waals surface area contributed by atoms with Gasteiger partial charge in [-0.15, -0.1) is 0 Å². The molecule has 1 atom stereocenters. The fourth-order valence-electron chi connectivity index (χ4n) is 2.70. The fraction of sp³-hybridized carbons (Fsp3) is 0.643.